The van der Waals surface area contributed by atoms with Crippen LogP contribution in [0.15, 0.2) is 18.2 Å². The second-order valence-corrected chi connectivity index (χ2v) is 9.01. The molecule has 3 rings (SSSR count). The van der Waals surface area contributed by atoms with Gasteiger partial charge >= 0.3 is 0 Å². The molecule has 130 valence electrons. The van der Waals surface area contributed by atoms with E-state index in [9.17, 15) is 0 Å². The minimum atomic E-state index is 0.270. The van der Waals surface area contributed by atoms with Gasteiger partial charge in [-0.25, -0.2) is 0 Å². The van der Waals surface area contributed by atoms with Gasteiger partial charge in [-0.1, -0.05) is 51.8 Å². The molecule has 0 bridgehead atoms. The second kappa shape index (κ2) is 6.21. The van der Waals surface area contributed by atoms with Crippen LogP contribution in [-0.4, -0.2) is 0 Å². The van der Waals surface area contributed by atoms with E-state index in [2.05, 4.69) is 66.7 Å². The van der Waals surface area contributed by atoms with E-state index < -0.39 is 0 Å². The Morgan fingerprint density at radius 3 is 2.04 bits per heavy atom. The molecule has 0 aliphatic heterocycles. The molecule has 0 saturated heterocycles. The Balaban J connectivity index is 2.08. The van der Waals surface area contributed by atoms with Gasteiger partial charge in [0, 0.05) is 0 Å². The van der Waals surface area contributed by atoms with Gasteiger partial charge in [0.05, 0.1) is 0 Å². The van der Waals surface area contributed by atoms with Crippen LogP contribution in [0, 0.1) is 39.5 Å². The lowest BCUT2D eigenvalue weighted by Gasteiger charge is -2.39. The molecular weight excluding hydrogens is 288 g/mol. The minimum absolute atomic E-state index is 0.270. The largest absolute Gasteiger partial charge is 0.0625 e. The van der Waals surface area contributed by atoms with E-state index in [0.29, 0.717) is 0 Å². The van der Waals surface area contributed by atoms with E-state index in [1.165, 1.54) is 64.3 Å². The average molecular weight is 323 g/mol. The molecule has 1 aliphatic carbocycles. The van der Waals surface area contributed by atoms with E-state index >= 15 is 0 Å². The van der Waals surface area contributed by atoms with Crippen molar-refractivity contribution in [2.24, 2.45) is 11.8 Å². The highest BCUT2D eigenvalue weighted by molar-refractivity contribution is 5.91. The normalized spacial score (nSPS) is 22.1. The fourth-order valence-corrected chi connectivity index (χ4v) is 4.85. The third kappa shape index (κ3) is 2.89. The zero-order valence-electron chi connectivity index (χ0n) is 16.7. The minimum Gasteiger partial charge on any atom is -0.0625 e. The van der Waals surface area contributed by atoms with Gasteiger partial charge in [0.15, 0.2) is 0 Å². The number of aryl methyl sites for hydroxylation is 3. The molecule has 1 aliphatic rings. The van der Waals surface area contributed by atoms with Crippen LogP contribution in [0.3, 0.4) is 0 Å². The standard InChI is InChI=1S/C24H34/c1-15-8-10-21(11-9-15)24(6,7)22-13-17(3)23-19(5)18(4)16(2)12-20(23)14-22/h12-15,21H,8-11H2,1-7H3. The highest BCUT2D eigenvalue weighted by Crippen LogP contribution is 2.43. The first-order valence-electron chi connectivity index (χ1n) is 9.73. The van der Waals surface area contributed by atoms with Gasteiger partial charge in [-0.15, -0.1) is 0 Å². The van der Waals surface area contributed by atoms with Crippen LogP contribution in [0.4, 0.5) is 0 Å². The number of hydrogen-bond acceptors (Lipinski definition) is 0. The van der Waals surface area contributed by atoms with Crippen LogP contribution in [0.25, 0.3) is 10.8 Å². The first-order valence-corrected chi connectivity index (χ1v) is 9.73. The summed E-state index contributed by atoms with van der Waals surface area (Å²) < 4.78 is 0. The van der Waals surface area contributed by atoms with Crippen molar-refractivity contribution >= 4 is 10.8 Å². The molecule has 0 N–H and O–H groups in total. The molecule has 24 heavy (non-hydrogen) atoms. The summed E-state index contributed by atoms with van der Waals surface area (Å²) in [7, 11) is 0. The zero-order chi connectivity index (χ0) is 17.6. The summed E-state index contributed by atoms with van der Waals surface area (Å²) in [5.41, 5.74) is 7.57. The van der Waals surface area contributed by atoms with Crippen molar-refractivity contribution in [1.82, 2.24) is 0 Å². The van der Waals surface area contributed by atoms with Crippen LogP contribution in [0.2, 0.25) is 0 Å². The Hall–Kier alpha value is -1.30. The van der Waals surface area contributed by atoms with Gasteiger partial charge in [0.25, 0.3) is 0 Å². The van der Waals surface area contributed by atoms with E-state index in [-0.39, 0.29) is 5.41 Å². The zero-order valence-corrected chi connectivity index (χ0v) is 16.7. The molecule has 0 atom stereocenters. The first-order chi connectivity index (χ1) is 11.2. The summed E-state index contributed by atoms with van der Waals surface area (Å²) >= 11 is 0. The summed E-state index contributed by atoms with van der Waals surface area (Å²) in [6.45, 7) is 16.4. The van der Waals surface area contributed by atoms with Gasteiger partial charge in [-0.3, -0.25) is 0 Å². The van der Waals surface area contributed by atoms with Gasteiger partial charge in [-0.2, -0.15) is 0 Å². The van der Waals surface area contributed by atoms with E-state index in [1.54, 1.807) is 0 Å². The Kier molecular flexibility index (Phi) is 4.53. The van der Waals surface area contributed by atoms with E-state index in [1.807, 2.05) is 0 Å². The highest BCUT2D eigenvalue weighted by atomic mass is 14.4. The van der Waals surface area contributed by atoms with E-state index in [0.717, 1.165) is 11.8 Å². The maximum atomic E-state index is 2.49. The predicted octanol–water partition coefficient (Wildman–Crippen LogP) is 7.18. The summed E-state index contributed by atoms with van der Waals surface area (Å²) in [5, 5.41) is 2.90. The Bertz CT molecular complexity index is 755. The van der Waals surface area contributed by atoms with Crippen molar-refractivity contribution in [2.45, 2.75) is 79.6 Å². The Morgan fingerprint density at radius 1 is 0.792 bits per heavy atom. The molecule has 0 nitrogen and oxygen atoms in total. The van der Waals surface area contributed by atoms with Crippen molar-refractivity contribution in [3.63, 3.8) is 0 Å². The molecule has 2 aromatic rings. The predicted molar refractivity (Wildman–Crippen MR) is 107 cm³/mol. The lowest BCUT2D eigenvalue weighted by molar-refractivity contribution is 0.202. The molecule has 0 unspecified atom stereocenters. The quantitative estimate of drug-likeness (QED) is 0.549. The molecule has 0 heterocycles. The Labute approximate surface area is 148 Å². The van der Waals surface area contributed by atoms with Crippen molar-refractivity contribution in [3.05, 3.63) is 46.0 Å². The van der Waals surface area contributed by atoms with Crippen LogP contribution < -0.4 is 0 Å². The molecule has 0 heteroatoms. The Morgan fingerprint density at radius 2 is 1.42 bits per heavy atom. The highest BCUT2D eigenvalue weighted by Gasteiger charge is 2.34. The maximum absolute atomic E-state index is 2.49. The van der Waals surface area contributed by atoms with Gasteiger partial charge < -0.3 is 0 Å². The summed E-state index contributed by atoms with van der Waals surface area (Å²) in [4.78, 5) is 0. The van der Waals surface area contributed by atoms with Crippen molar-refractivity contribution < 1.29 is 0 Å². The second-order valence-electron chi connectivity index (χ2n) is 9.01. The van der Waals surface area contributed by atoms with Crippen molar-refractivity contribution in [2.75, 3.05) is 0 Å². The summed E-state index contributed by atoms with van der Waals surface area (Å²) in [6.07, 6.45) is 5.57. The number of rotatable bonds is 2. The van der Waals surface area contributed by atoms with Crippen molar-refractivity contribution in [3.8, 4) is 0 Å². The van der Waals surface area contributed by atoms with E-state index in [4.69, 9.17) is 0 Å². The van der Waals surface area contributed by atoms with Crippen LogP contribution in [0.1, 0.15) is 74.3 Å². The average Bonchev–Trinajstić information content (AvgIpc) is 2.52. The van der Waals surface area contributed by atoms with Crippen LogP contribution >= 0.6 is 0 Å². The number of fused-ring (bicyclic) bond motifs is 1. The fraction of sp³-hybridized carbons (Fsp3) is 0.583. The van der Waals surface area contributed by atoms with Gasteiger partial charge in [-0.05, 0) is 96.4 Å². The lowest BCUT2D eigenvalue weighted by Crippen LogP contribution is -2.31. The molecular formula is C24H34. The molecule has 0 amide bonds. The number of benzene rings is 2. The number of hydrogen-bond donors (Lipinski definition) is 0. The molecule has 2 aromatic carbocycles. The molecule has 1 saturated carbocycles. The smallest absolute Gasteiger partial charge is 0.00750 e. The third-order valence-corrected chi connectivity index (χ3v) is 7.05. The molecule has 1 fully saturated rings. The first kappa shape index (κ1) is 17.5. The third-order valence-electron chi connectivity index (χ3n) is 7.05. The van der Waals surface area contributed by atoms with Crippen LogP contribution in [-0.2, 0) is 5.41 Å². The molecule has 0 spiro atoms. The topological polar surface area (TPSA) is 0 Å². The van der Waals surface area contributed by atoms with Gasteiger partial charge in [0.1, 0.15) is 0 Å². The van der Waals surface area contributed by atoms with Gasteiger partial charge in [0.2, 0.25) is 0 Å². The van der Waals surface area contributed by atoms with Crippen molar-refractivity contribution in [1.29, 1.82) is 0 Å². The lowest BCUT2D eigenvalue weighted by atomic mass is 9.65. The molecule has 0 aromatic heterocycles. The SMILES string of the molecule is Cc1cc2cc(C(C)(C)C3CCC(C)CC3)cc(C)c2c(C)c1C. The monoisotopic (exact) mass is 322 g/mol. The summed E-state index contributed by atoms with van der Waals surface area (Å²) in [5.74, 6) is 1.74. The molecule has 0 radical (unpaired) electrons. The fourth-order valence-electron chi connectivity index (χ4n) is 4.85. The maximum Gasteiger partial charge on any atom is -0.00750 e. The summed E-state index contributed by atoms with van der Waals surface area (Å²) in [6, 6.07) is 7.36. The van der Waals surface area contributed by atoms with Crippen LogP contribution in [0.5, 0.6) is 0 Å².